The van der Waals surface area contributed by atoms with E-state index in [-0.39, 0.29) is 12.3 Å². The predicted molar refractivity (Wildman–Crippen MR) is 104 cm³/mol. The fourth-order valence-corrected chi connectivity index (χ4v) is 3.05. The number of benzene rings is 2. The number of nitro benzene ring substituents is 1. The molecule has 0 aliphatic rings. The summed E-state index contributed by atoms with van der Waals surface area (Å²) in [6.07, 6.45) is 0. The number of nitro groups is 1. The number of aliphatic hydroxyl groups excluding tert-OH is 1. The molecule has 1 heterocycles. The lowest BCUT2D eigenvalue weighted by Crippen LogP contribution is -2.10. The molecule has 0 fully saturated rings. The Morgan fingerprint density at radius 2 is 2.04 bits per heavy atom. The Labute approximate surface area is 158 Å². The Hall–Kier alpha value is -3.30. The van der Waals surface area contributed by atoms with E-state index in [1.54, 1.807) is 31.4 Å². The molecule has 138 valence electrons. The lowest BCUT2D eigenvalue weighted by Gasteiger charge is -2.09. The van der Waals surface area contributed by atoms with Gasteiger partial charge in [-0.2, -0.15) is 5.10 Å². The van der Waals surface area contributed by atoms with Gasteiger partial charge in [-0.15, -0.1) is 11.3 Å². The molecule has 0 unspecified atom stereocenters. The van der Waals surface area contributed by atoms with Crippen molar-refractivity contribution in [3.63, 3.8) is 0 Å². The third kappa shape index (κ3) is 4.27. The fraction of sp³-hybridized carbons (Fsp3) is 0.111. The molecule has 0 aliphatic carbocycles. The fourth-order valence-electron chi connectivity index (χ4n) is 2.39. The van der Waals surface area contributed by atoms with E-state index < -0.39 is 4.92 Å². The monoisotopic (exact) mass is 384 g/mol. The van der Waals surface area contributed by atoms with Crippen molar-refractivity contribution in [1.82, 2.24) is 4.98 Å². The number of rotatable bonds is 7. The lowest BCUT2D eigenvalue weighted by atomic mass is 10.1. The summed E-state index contributed by atoms with van der Waals surface area (Å²) in [4.78, 5) is 14.7. The largest absolute Gasteiger partial charge is 0.496 e. The third-order valence-corrected chi connectivity index (χ3v) is 4.48. The Bertz CT molecular complexity index is 970. The van der Waals surface area contributed by atoms with Crippen LogP contribution in [0.5, 0.6) is 5.75 Å². The topological polar surface area (TPSA) is 110 Å². The van der Waals surface area contributed by atoms with Crippen LogP contribution in [0.4, 0.5) is 10.8 Å². The predicted octanol–water partition coefficient (Wildman–Crippen LogP) is 3.54. The molecule has 0 atom stereocenters. The molecule has 2 N–H and O–H groups in total. The van der Waals surface area contributed by atoms with Gasteiger partial charge in [0.2, 0.25) is 5.13 Å². The van der Waals surface area contributed by atoms with E-state index in [0.717, 1.165) is 5.56 Å². The first-order valence-electron chi connectivity index (χ1n) is 7.89. The number of ether oxygens (including phenoxy) is 1. The maximum Gasteiger partial charge on any atom is 0.269 e. The normalized spacial score (nSPS) is 11.3. The van der Waals surface area contributed by atoms with Gasteiger partial charge in [0.15, 0.2) is 0 Å². The van der Waals surface area contributed by atoms with Gasteiger partial charge in [-0.25, -0.2) is 4.98 Å². The molecule has 27 heavy (non-hydrogen) atoms. The number of aliphatic hydroxyl groups is 1. The number of methoxy groups -OCH3 is 1. The van der Waals surface area contributed by atoms with Gasteiger partial charge in [0.25, 0.3) is 5.69 Å². The second kappa shape index (κ2) is 8.39. The van der Waals surface area contributed by atoms with Gasteiger partial charge in [-0.1, -0.05) is 12.1 Å². The van der Waals surface area contributed by atoms with Crippen LogP contribution in [0, 0.1) is 10.1 Å². The summed E-state index contributed by atoms with van der Waals surface area (Å²) in [7, 11) is 1.55. The average Bonchev–Trinajstić information content (AvgIpc) is 3.18. The molecule has 0 saturated heterocycles. The minimum atomic E-state index is -0.444. The highest BCUT2D eigenvalue weighted by molar-refractivity contribution is 7.14. The van der Waals surface area contributed by atoms with Crippen LogP contribution in [0.15, 0.2) is 59.0 Å². The Balaban J connectivity index is 1.78. The molecule has 0 amide bonds. The quantitative estimate of drug-likeness (QED) is 0.366. The zero-order valence-corrected chi connectivity index (χ0v) is 15.1. The second-order valence-corrected chi connectivity index (χ2v) is 6.23. The van der Waals surface area contributed by atoms with E-state index in [9.17, 15) is 15.2 Å². The first-order valence-corrected chi connectivity index (χ1v) is 8.77. The first kappa shape index (κ1) is 18.5. The molecular formula is C18H16N4O4S. The molecule has 2 aromatic carbocycles. The molecule has 0 spiro atoms. The Morgan fingerprint density at radius 3 is 2.70 bits per heavy atom. The van der Waals surface area contributed by atoms with Crippen molar-refractivity contribution in [2.75, 3.05) is 19.1 Å². The summed E-state index contributed by atoms with van der Waals surface area (Å²) in [5.41, 5.74) is 5.41. The van der Waals surface area contributed by atoms with Gasteiger partial charge in [0.1, 0.15) is 5.75 Å². The summed E-state index contributed by atoms with van der Waals surface area (Å²) < 4.78 is 5.29. The van der Waals surface area contributed by atoms with Gasteiger partial charge >= 0.3 is 0 Å². The van der Waals surface area contributed by atoms with Crippen molar-refractivity contribution in [1.29, 1.82) is 0 Å². The maximum absolute atomic E-state index is 10.7. The van der Waals surface area contributed by atoms with Gasteiger partial charge < -0.3 is 9.84 Å². The van der Waals surface area contributed by atoms with Crippen LogP contribution in [0.3, 0.4) is 0 Å². The first-order chi connectivity index (χ1) is 13.1. The zero-order valence-electron chi connectivity index (χ0n) is 14.3. The van der Waals surface area contributed by atoms with E-state index in [1.807, 2.05) is 17.5 Å². The van der Waals surface area contributed by atoms with E-state index in [0.29, 0.717) is 27.9 Å². The van der Waals surface area contributed by atoms with Gasteiger partial charge in [0.05, 0.1) is 30.0 Å². The Kier molecular flexibility index (Phi) is 5.74. The number of hydrogen-bond acceptors (Lipinski definition) is 8. The smallest absolute Gasteiger partial charge is 0.269 e. The SMILES string of the molecule is COc1ccccc1/C(CO)=N/Nc1nc(-c2ccc([N+](=O)[O-])cc2)cs1. The summed E-state index contributed by atoms with van der Waals surface area (Å²) in [5, 5.41) is 26.9. The molecule has 0 radical (unpaired) electrons. The number of nitrogens with zero attached hydrogens (tertiary/aromatic N) is 3. The minimum absolute atomic E-state index is 0.0290. The number of non-ortho nitro benzene ring substituents is 1. The number of nitrogens with one attached hydrogen (secondary N) is 1. The highest BCUT2D eigenvalue weighted by Crippen LogP contribution is 2.26. The van der Waals surface area contributed by atoms with Crippen molar-refractivity contribution in [2.24, 2.45) is 5.10 Å². The van der Waals surface area contributed by atoms with Crippen LogP contribution in [0.1, 0.15) is 5.56 Å². The van der Waals surface area contributed by atoms with Gasteiger partial charge in [-0.3, -0.25) is 15.5 Å². The van der Waals surface area contributed by atoms with Crippen molar-refractivity contribution < 1.29 is 14.8 Å². The molecule has 1 aromatic heterocycles. The molecule has 8 nitrogen and oxygen atoms in total. The van der Waals surface area contributed by atoms with Gasteiger partial charge in [0, 0.05) is 28.6 Å². The summed E-state index contributed by atoms with van der Waals surface area (Å²) >= 11 is 1.34. The van der Waals surface area contributed by atoms with E-state index in [1.165, 1.54) is 23.5 Å². The van der Waals surface area contributed by atoms with Crippen molar-refractivity contribution in [3.05, 3.63) is 69.6 Å². The summed E-state index contributed by atoms with van der Waals surface area (Å²) in [6.45, 7) is -0.270. The average molecular weight is 384 g/mol. The molecule has 9 heteroatoms. The van der Waals surface area contributed by atoms with Gasteiger partial charge in [-0.05, 0) is 24.3 Å². The molecule has 0 aliphatic heterocycles. The number of para-hydroxylation sites is 1. The van der Waals surface area contributed by atoms with Crippen LogP contribution < -0.4 is 10.2 Å². The number of thiazole rings is 1. The molecule has 0 bridgehead atoms. The zero-order chi connectivity index (χ0) is 19.2. The second-order valence-electron chi connectivity index (χ2n) is 5.37. The van der Waals surface area contributed by atoms with E-state index >= 15 is 0 Å². The standard InChI is InChI=1S/C18H16N4O4S/c1-26-17-5-3-2-4-14(17)15(10-23)20-21-18-19-16(11-27-18)12-6-8-13(9-7-12)22(24)25/h2-9,11,23H,10H2,1H3,(H,19,21)/b20-15+. The number of hydrogen-bond donors (Lipinski definition) is 2. The third-order valence-electron chi connectivity index (χ3n) is 3.73. The molecule has 3 rings (SSSR count). The van der Waals surface area contributed by atoms with Crippen molar-refractivity contribution >= 4 is 27.9 Å². The number of anilines is 1. The summed E-state index contributed by atoms with van der Waals surface area (Å²) in [5.74, 6) is 0.609. The van der Waals surface area contributed by atoms with E-state index in [2.05, 4.69) is 15.5 Å². The molecule has 0 saturated carbocycles. The Morgan fingerprint density at radius 1 is 1.30 bits per heavy atom. The highest BCUT2D eigenvalue weighted by Gasteiger charge is 2.11. The highest BCUT2D eigenvalue weighted by atomic mass is 32.1. The van der Waals surface area contributed by atoms with Crippen LogP contribution >= 0.6 is 11.3 Å². The van der Waals surface area contributed by atoms with Crippen LogP contribution in [0.2, 0.25) is 0 Å². The maximum atomic E-state index is 10.7. The lowest BCUT2D eigenvalue weighted by molar-refractivity contribution is -0.384. The molecular weight excluding hydrogens is 368 g/mol. The van der Waals surface area contributed by atoms with Crippen molar-refractivity contribution in [3.8, 4) is 17.0 Å². The van der Waals surface area contributed by atoms with Crippen LogP contribution in [-0.4, -0.2) is 34.4 Å². The van der Waals surface area contributed by atoms with Crippen LogP contribution in [0.25, 0.3) is 11.3 Å². The minimum Gasteiger partial charge on any atom is -0.496 e. The van der Waals surface area contributed by atoms with E-state index in [4.69, 9.17) is 4.74 Å². The summed E-state index contributed by atoms with van der Waals surface area (Å²) in [6, 6.07) is 13.4. The van der Waals surface area contributed by atoms with Crippen LogP contribution in [-0.2, 0) is 0 Å². The number of aromatic nitrogens is 1. The van der Waals surface area contributed by atoms with Crippen molar-refractivity contribution in [2.45, 2.75) is 0 Å². The molecule has 3 aromatic rings. The number of hydrazone groups is 1.